The summed E-state index contributed by atoms with van der Waals surface area (Å²) >= 11 is 1.43. The van der Waals surface area contributed by atoms with Gasteiger partial charge in [0.25, 0.3) is 17.7 Å². The van der Waals surface area contributed by atoms with Gasteiger partial charge >= 0.3 is 0 Å². The molecule has 142 valence electrons. The minimum Gasteiger partial charge on any atom is -0.345 e. The Balaban J connectivity index is 1.79. The monoisotopic (exact) mass is 393 g/mol. The first-order chi connectivity index (χ1) is 13.5. The van der Waals surface area contributed by atoms with Crippen LogP contribution in [-0.4, -0.2) is 36.7 Å². The number of benzene rings is 2. The Hall–Kier alpha value is -3.45. The molecule has 0 saturated heterocycles. The van der Waals surface area contributed by atoms with Crippen LogP contribution in [0.3, 0.4) is 0 Å². The van der Waals surface area contributed by atoms with Crippen molar-refractivity contribution < 1.29 is 14.4 Å². The maximum Gasteiger partial charge on any atom is 0.257 e. The first-order valence-corrected chi connectivity index (χ1v) is 9.45. The summed E-state index contributed by atoms with van der Waals surface area (Å²) < 4.78 is 0. The number of amides is 3. The zero-order chi connectivity index (χ0) is 20.1. The van der Waals surface area contributed by atoms with Crippen LogP contribution in [0.25, 0.3) is 0 Å². The molecule has 1 aromatic heterocycles. The molecule has 28 heavy (non-hydrogen) atoms. The zero-order valence-corrected chi connectivity index (χ0v) is 16.2. The predicted octanol–water partition coefficient (Wildman–Crippen LogP) is 3.95. The molecule has 0 saturated carbocycles. The summed E-state index contributed by atoms with van der Waals surface area (Å²) in [7, 11) is 3.33. The summed E-state index contributed by atoms with van der Waals surface area (Å²) in [6.45, 7) is 0. The van der Waals surface area contributed by atoms with Gasteiger partial charge in [0, 0.05) is 30.7 Å². The van der Waals surface area contributed by atoms with Crippen LogP contribution in [0.5, 0.6) is 0 Å². The Bertz CT molecular complexity index is 1010. The van der Waals surface area contributed by atoms with Crippen LogP contribution in [0.15, 0.2) is 65.4 Å². The number of thiophene rings is 1. The molecule has 2 N–H and O–H groups in total. The third-order valence-corrected chi connectivity index (χ3v) is 4.66. The lowest BCUT2D eigenvalue weighted by atomic mass is 10.1. The number of nitrogens with zero attached hydrogens (tertiary/aromatic N) is 1. The van der Waals surface area contributed by atoms with E-state index in [-0.39, 0.29) is 17.7 Å². The van der Waals surface area contributed by atoms with E-state index in [2.05, 4.69) is 10.6 Å². The van der Waals surface area contributed by atoms with E-state index in [1.165, 1.54) is 16.2 Å². The number of carbonyl (C=O) groups excluding carboxylic acids is 3. The van der Waals surface area contributed by atoms with E-state index in [1.807, 2.05) is 5.38 Å². The molecule has 0 atom stereocenters. The second-order valence-electron chi connectivity index (χ2n) is 6.25. The van der Waals surface area contributed by atoms with E-state index < -0.39 is 0 Å². The largest absolute Gasteiger partial charge is 0.345 e. The number of carbonyl (C=O) groups is 3. The van der Waals surface area contributed by atoms with Crippen molar-refractivity contribution in [1.29, 1.82) is 0 Å². The van der Waals surface area contributed by atoms with Gasteiger partial charge in [0.15, 0.2) is 0 Å². The van der Waals surface area contributed by atoms with Crippen LogP contribution in [0, 0.1) is 0 Å². The maximum absolute atomic E-state index is 12.8. The topological polar surface area (TPSA) is 78.5 Å². The highest BCUT2D eigenvalue weighted by Gasteiger charge is 2.15. The minimum absolute atomic E-state index is 0.153. The lowest BCUT2D eigenvalue weighted by Crippen LogP contribution is -2.22. The van der Waals surface area contributed by atoms with E-state index >= 15 is 0 Å². The molecule has 0 aliphatic heterocycles. The summed E-state index contributed by atoms with van der Waals surface area (Å²) in [6.07, 6.45) is 0. The van der Waals surface area contributed by atoms with Gasteiger partial charge in [-0.3, -0.25) is 14.4 Å². The van der Waals surface area contributed by atoms with Crippen molar-refractivity contribution in [2.45, 2.75) is 0 Å². The van der Waals surface area contributed by atoms with Gasteiger partial charge < -0.3 is 15.5 Å². The zero-order valence-electron chi connectivity index (χ0n) is 15.4. The molecule has 1 heterocycles. The van der Waals surface area contributed by atoms with Crippen molar-refractivity contribution in [2.24, 2.45) is 0 Å². The van der Waals surface area contributed by atoms with Gasteiger partial charge in [-0.1, -0.05) is 18.2 Å². The normalized spacial score (nSPS) is 10.2. The highest BCUT2D eigenvalue weighted by atomic mass is 32.1. The molecule has 3 aromatic rings. The lowest BCUT2D eigenvalue weighted by molar-refractivity contribution is 0.0827. The Labute approximate surface area is 166 Å². The van der Waals surface area contributed by atoms with Crippen molar-refractivity contribution in [1.82, 2.24) is 4.90 Å². The Morgan fingerprint density at radius 1 is 0.857 bits per heavy atom. The maximum atomic E-state index is 12.8. The average molecular weight is 393 g/mol. The fraction of sp³-hybridized carbons (Fsp3) is 0.0952. The SMILES string of the molecule is CN(C)C(=O)c1cccc(NC(=O)c2ccccc2NC(=O)c2ccsc2)c1. The molecule has 0 fully saturated rings. The highest BCUT2D eigenvalue weighted by Crippen LogP contribution is 2.20. The van der Waals surface area contributed by atoms with Gasteiger partial charge in [-0.05, 0) is 41.8 Å². The summed E-state index contributed by atoms with van der Waals surface area (Å²) in [4.78, 5) is 38.7. The highest BCUT2D eigenvalue weighted by molar-refractivity contribution is 7.08. The van der Waals surface area contributed by atoms with E-state index in [9.17, 15) is 14.4 Å². The fourth-order valence-corrected chi connectivity index (χ4v) is 3.20. The van der Waals surface area contributed by atoms with Crippen molar-refractivity contribution in [3.63, 3.8) is 0 Å². The summed E-state index contributed by atoms with van der Waals surface area (Å²) in [6, 6.07) is 15.2. The van der Waals surface area contributed by atoms with E-state index in [0.717, 1.165) is 0 Å². The molecule has 0 radical (unpaired) electrons. The minimum atomic E-state index is -0.379. The standard InChI is InChI=1S/C21H19N3O3S/c1-24(2)21(27)14-6-5-7-16(12-14)22-20(26)17-8-3-4-9-18(17)23-19(25)15-10-11-28-13-15/h3-13H,1-2H3,(H,22,26)(H,23,25). The van der Waals surface area contributed by atoms with Crippen LogP contribution in [0.2, 0.25) is 0 Å². The van der Waals surface area contributed by atoms with Gasteiger partial charge in [-0.2, -0.15) is 11.3 Å². The summed E-state index contributed by atoms with van der Waals surface area (Å²) in [5, 5.41) is 9.11. The van der Waals surface area contributed by atoms with Gasteiger partial charge in [0.2, 0.25) is 0 Å². The third-order valence-electron chi connectivity index (χ3n) is 3.98. The number of rotatable bonds is 5. The van der Waals surface area contributed by atoms with Gasteiger partial charge in [0.05, 0.1) is 16.8 Å². The predicted molar refractivity (Wildman–Crippen MR) is 111 cm³/mol. The number of para-hydroxylation sites is 1. The molecular formula is C21H19N3O3S. The molecule has 7 heteroatoms. The second kappa shape index (κ2) is 8.49. The number of hydrogen-bond donors (Lipinski definition) is 2. The van der Waals surface area contributed by atoms with Crippen LogP contribution in [-0.2, 0) is 0 Å². The van der Waals surface area contributed by atoms with E-state index in [0.29, 0.717) is 28.1 Å². The van der Waals surface area contributed by atoms with Gasteiger partial charge in [-0.15, -0.1) is 0 Å². The first-order valence-electron chi connectivity index (χ1n) is 8.51. The number of hydrogen-bond acceptors (Lipinski definition) is 4. The van der Waals surface area contributed by atoms with E-state index in [4.69, 9.17) is 0 Å². The van der Waals surface area contributed by atoms with Crippen molar-refractivity contribution in [2.75, 3.05) is 24.7 Å². The average Bonchev–Trinajstić information content (AvgIpc) is 3.23. The molecule has 0 spiro atoms. The molecule has 6 nitrogen and oxygen atoms in total. The van der Waals surface area contributed by atoms with Crippen molar-refractivity contribution >= 4 is 40.4 Å². The number of nitrogens with one attached hydrogen (secondary N) is 2. The van der Waals surface area contributed by atoms with Crippen LogP contribution in [0.4, 0.5) is 11.4 Å². The summed E-state index contributed by atoms with van der Waals surface area (Å²) in [5.41, 5.74) is 2.25. The molecule has 0 bridgehead atoms. The van der Waals surface area contributed by atoms with Gasteiger partial charge in [-0.25, -0.2) is 0 Å². The first kappa shape index (κ1) is 19.3. The quantitative estimate of drug-likeness (QED) is 0.689. The van der Waals surface area contributed by atoms with Gasteiger partial charge in [0.1, 0.15) is 0 Å². The second-order valence-corrected chi connectivity index (χ2v) is 7.03. The molecule has 0 unspecified atom stereocenters. The molecular weight excluding hydrogens is 374 g/mol. The Kier molecular flexibility index (Phi) is 5.86. The Morgan fingerprint density at radius 2 is 1.64 bits per heavy atom. The van der Waals surface area contributed by atoms with E-state index in [1.54, 1.807) is 74.1 Å². The van der Waals surface area contributed by atoms with Crippen molar-refractivity contribution in [3.8, 4) is 0 Å². The molecule has 2 aromatic carbocycles. The fourth-order valence-electron chi connectivity index (χ4n) is 2.56. The molecule has 3 rings (SSSR count). The van der Waals surface area contributed by atoms with Crippen LogP contribution in [0.1, 0.15) is 31.1 Å². The van der Waals surface area contributed by atoms with Crippen LogP contribution >= 0.6 is 11.3 Å². The molecule has 0 aliphatic carbocycles. The van der Waals surface area contributed by atoms with Crippen molar-refractivity contribution in [3.05, 3.63) is 82.0 Å². The third kappa shape index (κ3) is 4.44. The smallest absolute Gasteiger partial charge is 0.257 e. The lowest BCUT2D eigenvalue weighted by Gasteiger charge is -2.13. The Morgan fingerprint density at radius 3 is 2.36 bits per heavy atom. The molecule has 0 aliphatic rings. The van der Waals surface area contributed by atoms with Crippen LogP contribution < -0.4 is 10.6 Å². The molecule has 3 amide bonds. The number of anilines is 2. The summed E-state index contributed by atoms with van der Waals surface area (Å²) in [5.74, 6) is -0.810.